The van der Waals surface area contributed by atoms with Crippen molar-refractivity contribution in [1.29, 1.82) is 0 Å². The van der Waals surface area contributed by atoms with Gasteiger partial charge in [0.05, 0.1) is 27.9 Å². The minimum Gasteiger partial charge on any atom is -0.543 e. The number of rotatable bonds is 4. The first-order chi connectivity index (χ1) is 7.99. The maximum Gasteiger partial charge on any atom is 0.236 e. The summed E-state index contributed by atoms with van der Waals surface area (Å²) < 4.78 is 0.606. The Hall–Kier alpha value is -0.660. The lowest BCUT2D eigenvalue weighted by Crippen LogP contribution is -2.61. The van der Waals surface area contributed by atoms with Crippen molar-refractivity contribution in [3.63, 3.8) is 0 Å². The van der Waals surface area contributed by atoms with Gasteiger partial charge < -0.3 is 15.0 Å². The SMILES string of the molecule is CCSC1=C(C(=O)[O-])N2C(=O)[C@H]([C@@H](C)O)[C@H]2S1. The number of carboxylic acids is 1. The van der Waals surface area contributed by atoms with E-state index >= 15 is 0 Å². The van der Waals surface area contributed by atoms with Crippen molar-refractivity contribution in [1.82, 2.24) is 4.90 Å². The highest BCUT2D eigenvalue weighted by Crippen LogP contribution is 2.53. The lowest BCUT2D eigenvalue weighted by molar-refractivity contribution is -0.301. The third kappa shape index (κ3) is 1.86. The fourth-order valence-corrected chi connectivity index (χ4v) is 4.79. The number of amides is 1. The normalized spacial score (nSPS) is 29.1. The molecule has 1 saturated heterocycles. The van der Waals surface area contributed by atoms with Crippen molar-refractivity contribution in [2.75, 3.05) is 5.75 Å². The molecule has 0 unspecified atom stereocenters. The Morgan fingerprint density at radius 3 is 2.82 bits per heavy atom. The number of aliphatic hydroxyl groups excluding tert-OH is 1. The zero-order valence-corrected chi connectivity index (χ0v) is 11.0. The summed E-state index contributed by atoms with van der Waals surface area (Å²) in [6.07, 6.45) is -0.759. The monoisotopic (exact) mass is 274 g/mol. The standard InChI is InChI=1S/C10H13NO4S2/c1-3-16-10-6(9(14)15)11-7(13)5(4(2)12)8(11)17-10/h4-5,8,12H,3H2,1-2H3,(H,14,15)/p-1/t4-,5+,8-/m1/s1. The molecular formula is C10H12NO4S2-. The molecule has 0 aromatic heterocycles. The topological polar surface area (TPSA) is 80.7 Å². The predicted octanol–water partition coefficient (Wildman–Crippen LogP) is -0.429. The molecule has 0 aromatic rings. The third-order valence-corrected chi connectivity index (χ3v) is 5.27. The van der Waals surface area contributed by atoms with E-state index in [4.69, 9.17) is 0 Å². The van der Waals surface area contributed by atoms with E-state index in [1.54, 1.807) is 6.92 Å². The molecule has 0 aromatic carbocycles. The molecule has 3 atom stereocenters. The van der Waals surface area contributed by atoms with E-state index in [-0.39, 0.29) is 17.0 Å². The molecule has 94 valence electrons. The van der Waals surface area contributed by atoms with Crippen LogP contribution in [0.15, 0.2) is 9.93 Å². The Bertz CT molecular complexity index is 407. The van der Waals surface area contributed by atoms with Crippen molar-refractivity contribution in [2.45, 2.75) is 25.3 Å². The Kier molecular flexibility index (Phi) is 3.42. The van der Waals surface area contributed by atoms with E-state index in [0.717, 1.165) is 5.75 Å². The largest absolute Gasteiger partial charge is 0.543 e. The van der Waals surface area contributed by atoms with E-state index < -0.39 is 18.0 Å². The summed E-state index contributed by atoms with van der Waals surface area (Å²) in [6.45, 7) is 3.46. The molecule has 2 rings (SSSR count). The highest BCUT2D eigenvalue weighted by molar-refractivity contribution is 8.22. The fourth-order valence-electron chi connectivity index (χ4n) is 1.97. The minimum atomic E-state index is -1.33. The van der Waals surface area contributed by atoms with Gasteiger partial charge in [0.15, 0.2) is 0 Å². The van der Waals surface area contributed by atoms with Crippen molar-refractivity contribution in [2.24, 2.45) is 5.92 Å². The van der Waals surface area contributed by atoms with Gasteiger partial charge in [-0.1, -0.05) is 18.7 Å². The molecule has 2 aliphatic heterocycles. The van der Waals surface area contributed by atoms with Crippen LogP contribution in [0.4, 0.5) is 0 Å². The Morgan fingerprint density at radius 2 is 2.35 bits per heavy atom. The molecule has 0 spiro atoms. The van der Waals surface area contributed by atoms with E-state index in [2.05, 4.69) is 0 Å². The summed E-state index contributed by atoms with van der Waals surface area (Å²) in [5.41, 5.74) is -0.0336. The van der Waals surface area contributed by atoms with Gasteiger partial charge >= 0.3 is 0 Å². The molecule has 1 fully saturated rings. The lowest BCUT2D eigenvalue weighted by Gasteiger charge is -2.44. The number of aliphatic hydroxyl groups is 1. The van der Waals surface area contributed by atoms with Crippen LogP contribution in [0.3, 0.4) is 0 Å². The minimum absolute atomic E-state index is 0.0336. The van der Waals surface area contributed by atoms with E-state index in [0.29, 0.717) is 4.24 Å². The highest BCUT2D eigenvalue weighted by Gasteiger charge is 2.56. The van der Waals surface area contributed by atoms with Gasteiger partial charge in [0.25, 0.3) is 0 Å². The first kappa shape index (κ1) is 12.8. The molecule has 0 aliphatic carbocycles. The molecule has 2 aliphatic rings. The summed E-state index contributed by atoms with van der Waals surface area (Å²) in [6, 6.07) is 0. The molecule has 1 amide bonds. The Balaban J connectivity index is 2.26. The van der Waals surface area contributed by atoms with E-state index in [1.807, 2.05) is 6.92 Å². The van der Waals surface area contributed by atoms with Gasteiger partial charge in [0, 0.05) is 0 Å². The number of thioether (sulfide) groups is 2. The molecule has 17 heavy (non-hydrogen) atoms. The van der Waals surface area contributed by atoms with Gasteiger partial charge in [-0.05, 0) is 12.7 Å². The van der Waals surface area contributed by atoms with Gasteiger partial charge in [-0.15, -0.1) is 11.8 Å². The zero-order valence-electron chi connectivity index (χ0n) is 9.37. The van der Waals surface area contributed by atoms with Crippen molar-refractivity contribution in [3.05, 3.63) is 9.93 Å². The lowest BCUT2D eigenvalue weighted by atomic mass is 9.92. The summed E-state index contributed by atoms with van der Waals surface area (Å²) in [5, 5.41) is 20.2. The van der Waals surface area contributed by atoms with Crippen molar-refractivity contribution >= 4 is 35.4 Å². The number of carboxylic acid groups (broad SMARTS) is 1. The molecule has 2 heterocycles. The number of aliphatic carboxylic acids is 1. The van der Waals surface area contributed by atoms with Gasteiger partial charge in [0.1, 0.15) is 5.37 Å². The molecule has 1 N–H and O–H groups in total. The number of carbonyl (C=O) groups excluding carboxylic acids is 2. The summed E-state index contributed by atoms with van der Waals surface area (Å²) in [4.78, 5) is 24.0. The fraction of sp³-hybridized carbons (Fsp3) is 0.600. The van der Waals surface area contributed by atoms with Gasteiger partial charge in [0.2, 0.25) is 5.91 Å². The Labute approximate surface area is 107 Å². The first-order valence-corrected chi connectivity index (χ1v) is 7.11. The second-order valence-corrected chi connectivity index (χ2v) is 6.50. The van der Waals surface area contributed by atoms with Crippen LogP contribution >= 0.6 is 23.5 Å². The number of hydrogen-bond donors (Lipinski definition) is 1. The molecule has 7 heteroatoms. The third-order valence-electron chi connectivity index (χ3n) is 2.73. The summed E-state index contributed by atoms with van der Waals surface area (Å²) in [7, 11) is 0. The molecule has 0 radical (unpaired) electrons. The first-order valence-electron chi connectivity index (χ1n) is 5.25. The van der Waals surface area contributed by atoms with Gasteiger partial charge in [-0.2, -0.15) is 0 Å². The van der Waals surface area contributed by atoms with Crippen molar-refractivity contribution in [3.8, 4) is 0 Å². The van der Waals surface area contributed by atoms with E-state index in [1.165, 1.54) is 28.4 Å². The van der Waals surface area contributed by atoms with Crippen molar-refractivity contribution < 1.29 is 19.8 Å². The maximum atomic E-state index is 11.8. The second-order valence-electron chi connectivity index (χ2n) is 3.84. The summed E-state index contributed by atoms with van der Waals surface area (Å²) in [5.74, 6) is -1.44. The van der Waals surface area contributed by atoms with Crippen LogP contribution in [-0.4, -0.2) is 39.1 Å². The average Bonchev–Trinajstić information content (AvgIpc) is 2.53. The average molecular weight is 274 g/mol. The quantitative estimate of drug-likeness (QED) is 0.701. The van der Waals surface area contributed by atoms with Crippen LogP contribution in [0, 0.1) is 5.92 Å². The predicted molar refractivity (Wildman–Crippen MR) is 63.6 cm³/mol. The van der Waals surface area contributed by atoms with Crippen LogP contribution < -0.4 is 5.11 Å². The van der Waals surface area contributed by atoms with Crippen LogP contribution in [0.2, 0.25) is 0 Å². The molecule has 0 saturated carbocycles. The number of fused-ring (bicyclic) bond motifs is 1. The number of β-lactam (4-membered cyclic amide) rings is 1. The maximum absolute atomic E-state index is 11.8. The second kappa shape index (κ2) is 4.55. The molecular weight excluding hydrogens is 262 g/mol. The number of hydrogen-bond acceptors (Lipinski definition) is 6. The van der Waals surface area contributed by atoms with Crippen LogP contribution in [-0.2, 0) is 9.59 Å². The van der Waals surface area contributed by atoms with Crippen LogP contribution in [0.1, 0.15) is 13.8 Å². The zero-order chi connectivity index (χ0) is 12.7. The highest BCUT2D eigenvalue weighted by atomic mass is 32.2. The smallest absolute Gasteiger partial charge is 0.236 e. The number of carbonyl (C=O) groups is 2. The summed E-state index contributed by atoms with van der Waals surface area (Å²) >= 11 is 2.71. The Morgan fingerprint density at radius 1 is 1.71 bits per heavy atom. The van der Waals surface area contributed by atoms with Crippen LogP contribution in [0.25, 0.3) is 0 Å². The van der Waals surface area contributed by atoms with Crippen LogP contribution in [0.5, 0.6) is 0 Å². The van der Waals surface area contributed by atoms with E-state index in [9.17, 15) is 19.8 Å². The molecule has 5 nitrogen and oxygen atoms in total. The molecule has 0 bridgehead atoms. The van der Waals surface area contributed by atoms with Gasteiger partial charge in [-0.3, -0.25) is 9.69 Å². The number of nitrogens with zero attached hydrogens (tertiary/aromatic N) is 1. The van der Waals surface area contributed by atoms with Gasteiger partial charge in [-0.25, -0.2) is 0 Å².